The summed E-state index contributed by atoms with van der Waals surface area (Å²) in [4.78, 5) is 12.4. The molecule has 0 aromatic heterocycles. The predicted octanol–water partition coefficient (Wildman–Crippen LogP) is 4.29. The van der Waals surface area contributed by atoms with Gasteiger partial charge >= 0.3 is 0 Å². The Kier molecular flexibility index (Phi) is 7.24. The van der Waals surface area contributed by atoms with Crippen molar-refractivity contribution in [3.05, 3.63) is 48.0 Å². The van der Waals surface area contributed by atoms with E-state index in [0.717, 1.165) is 0 Å². The fourth-order valence-electron chi connectivity index (χ4n) is 2.03. The molecule has 2 rings (SSSR count). The second kappa shape index (κ2) is 9.63. The van der Waals surface area contributed by atoms with Crippen molar-refractivity contribution >= 4 is 23.4 Å². The van der Waals surface area contributed by atoms with E-state index in [-0.39, 0.29) is 6.61 Å². The van der Waals surface area contributed by atoms with Gasteiger partial charge in [-0.15, -0.1) is 0 Å². The zero-order valence-electron chi connectivity index (χ0n) is 13.9. The Morgan fingerprint density at radius 2 is 1.92 bits per heavy atom. The second-order valence-corrected chi connectivity index (χ2v) is 6.01. The molecule has 0 radical (unpaired) electrons. The van der Waals surface area contributed by atoms with Gasteiger partial charge in [0.05, 0.1) is 18.2 Å². The summed E-state index contributed by atoms with van der Waals surface area (Å²) in [5.41, 5.74) is 0.897. The Morgan fingerprint density at radius 3 is 2.54 bits per heavy atom. The maximum Gasteiger partial charge on any atom is 0.288 e. The Morgan fingerprint density at radius 1 is 1.19 bits per heavy atom. The molecular weight excluding hydrogens is 362 g/mol. The lowest BCUT2D eigenvalue weighted by atomic mass is 10.2. The quantitative estimate of drug-likeness (QED) is 0.694. The van der Waals surface area contributed by atoms with Crippen LogP contribution in [-0.2, 0) is 4.79 Å². The Labute approximate surface area is 153 Å². The van der Waals surface area contributed by atoms with E-state index < -0.39 is 11.7 Å². The topological polar surface area (TPSA) is 71.3 Å². The van der Waals surface area contributed by atoms with Crippen LogP contribution in [0.5, 0.6) is 11.5 Å². The summed E-state index contributed by atoms with van der Waals surface area (Å²) in [6.45, 7) is 1.92. The molecule has 0 spiro atoms. The van der Waals surface area contributed by atoms with Gasteiger partial charge in [-0.05, 0) is 43.3 Å². The molecule has 0 heterocycles. The third-order valence-electron chi connectivity index (χ3n) is 3.09. The fraction of sp³-hybridized carbons (Fsp3) is 0.222. The smallest absolute Gasteiger partial charge is 0.288 e. The van der Waals surface area contributed by atoms with Gasteiger partial charge in [0, 0.05) is 16.6 Å². The molecule has 0 aliphatic rings. The molecule has 136 valence electrons. The van der Waals surface area contributed by atoms with Gasteiger partial charge in [0.25, 0.3) is 11.7 Å². The highest BCUT2D eigenvalue weighted by atomic mass is 32.2. The summed E-state index contributed by atoms with van der Waals surface area (Å²) in [7, 11) is 0. The number of hydrogen-bond donors (Lipinski definition) is 1. The number of benzene rings is 2. The minimum Gasteiger partial charge on any atom is -0.490 e. The molecule has 5 nitrogen and oxygen atoms in total. The molecule has 8 heteroatoms. The van der Waals surface area contributed by atoms with Crippen LogP contribution in [-0.4, -0.2) is 24.9 Å². The van der Waals surface area contributed by atoms with Gasteiger partial charge in [-0.1, -0.05) is 11.8 Å². The summed E-state index contributed by atoms with van der Waals surface area (Å²) in [5, 5.41) is 11.5. The number of halogens is 2. The van der Waals surface area contributed by atoms with Crippen LogP contribution in [0.2, 0.25) is 0 Å². The standard InChI is InChI=1S/C18H16F2N2O3S/c1-2-24-16-9-12(10-21)3-8-15(16)25-11-17(23)22-13-4-6-14(7-5-13)26-18(19)20/h3-9,18H,2,11H2,1H3,(H,22,23). The van der Waals surface area contributed by atoms with E-state index in [1.807, 2.05) is 6.07 Å². The average Bonchev–Trinajstić information content (AvgIpc) is 2.62. The van der Waals surface area contributed by atoms with Crippen molar-refractivity contribution in [1.82, 2.24) is 0 Å². The molecule has 0 fully saturated rings. The van der Waals surface area contributed by atoms with Crippen LogP contribution in [0.1, 0.15) is 12.5 Å². The first-order valence-electron chi connectivity index (χ1n) is 7.66. The lowest BCUT2D eigenvalue weighted by Gasteiger charge is -2.12. The first-order chi connectivity index (χ1) is 12.5. The Bertz CT molecular complexity index is 792. The van der Waals surface area contributed by atoms with E-state index in [0.29, 0.717) is 46.0 Å². The second-order valence-electron chi connectivity index (χ2n) is 4.95. The third-order valence-corrected chi connectivity index (χ3v) is 3.82. The molecule has 26 heavy (non-hydrogen) atoms. The molecule has 2 aromatic carbocycles. The number of carbonyl (C=O) groups is 1. The van der Waals surface area contributed by atoms with Gasteiger partial charge in [0.2, 0.25) is 0 Å². The molecule has 0 aliphatic heterocycles. The number of carbonyl (C=O) groups excluding carboxylic acids is 1. The van der Waals surface area contributed by atoms with Crippen LogP contribution in [0.4, 0.5) is 14.5 Å². The van der Waals surface area contributed by atoms with E-state index in [2.05, 4.69) is 5.32 Å². The third kappa shape index (κ3) is 5.93. The normalized spacial score (nSPS) is 10.3. The number of ether oxygens (including phenoxy) is 2. The zero-order valence-corrected chi connectivity index (χ0v) is 14.7. The summed E-state index contributed by atoms with van der Waals surface area (Å²) in [6.07, 6.45) is 0. The predicted molar refractivity (Wildman–Crippen MR) is 94.8 cm³/mol. The lowest BCUT2D eigenvalue weighted by molar-refractivity contribution is -0.118. The van der Waals surface area contributed by atoms with Crippen molar-refractivity contribution < 1.29 is 23.0 Å². The van der Waals surface area contributed by atoms with Gasteiger partial charge in [-0.25, -0.2) is 0 Å². The minimum atomic E-state index is -2.49. The first kappa shape index (κ1) is 19.5. The first-order valence-corrected chi connectivity index (χ1v) is 8.54. The number of amides is 1. The van der Waals surface area contributed by atoms with Crippen molar-refractivity contribution in [2.45, 2.75) is 17.6 Å². The number of thioether (sulfide) groups is 1. The number of anilines is 1. The van der Waals surface area contributed by atoms with Gasteiger partial charge in [0.15, 0.2) is 18.1 Å². The molecule has 0 atom stereocenters. The van der Waals surface area contributed by atoms with Crippen LogP contribution in [0.3, 0.4) is 0 Å². The Hall–Kier alpha value is -2.79. The number of nitrogens with zero attached hydrogens (tertiary/aromatic N) is 1. The molecule has 0 bridgehead atoms. The van der Waals surface area contributed by atoms with E-state index in [4.69, 9.17) is 14.7 Å². The van der Waals surface area contributed by atoms with Gasteiger partial charge < -0.3 is 14.8 Å². The molecule has 0 aliphatic carbocycles. The summed E-state index contributed by atoms with van der Waals surface area (Å²) < 4.78 is 35.4. The van der Waals surface area contributed by atoms with Crippen LogP contribution in [0.15, 0.2) is 47.4 Å². The SMILES string of the molecule is CCOc1cc(C#N)ccc1OCC(=O)Nc1ccc(SC(F)F)cc1. The highest BCUT2D eigenvalue weighted by Crippen LogP contribution is 2.28. The van der Waals surface area contributed by atoms with E-state index >= 15 is 0 Å². The number of rotatable bonds is 8. The maximum absolute atomic E-state index is 12.3. The van der Waals surface area contributed by atoms with Crippen molar-refractivity contribution in [2.75, 3.05) is 18.5 Å². The molecule has 0 saturated heterocycles. The monoisotopic (exact) mass is 378 g/mol. The van der Waals surface area contributed by atoms with Crippen LogP contribution in [0, 0.1) is 11.3 Å². The van der Waals surface area contributed by atoms with Crippen molar-refractivity contribution in [3.8, 4) is 17.6 Å². The van der Waals surface area contributed by atoms with E-state index in [9.17, 15) is 13.6 Å². The van der Waals surface area contributed by atoms with E-state index in [1.54, 1.807) is 19.1 Å². The molecule has 0 unspecified atom stereocenters. The number of nitriles is 1. The maximum atomic E-state index is 12.3. The molecule has 2 aromatic rings. The van der Waals surface area contributed by atoms with Crippen LogP contribution < -0.4 is 14.8 Å². The highest BCUT2D eigenvalue weighted by molar-refractivity contribution is 7.99. The summed E-state index contributed by atoms with van der Waals surface area (Å²) >= 11 is 0.435. The number of hydrogen-bond acceptors (Lipinski definition) is 5. The van der Waals surface area contributed by atoms with Crippen LogP contribution >= 0.6 is 11.8 Å². The molecule has 1 amide bonds. The van der Waals surface area contributed by atoms with Crippen molar-refractivity contribution in [1.29, 1.82) is 5.26 Å². The number of alkyl halides is 2. The largest absolute Gasteiger partial charge is 0.490 e. The van der Waals surface area contributed by atoms with Crippen LogP contribution in [0.25, 0.3) is 0 Å². The zero-order chi connectivity index (χ0) is 18.9. The van der Waals surface area contributed by atoms with Gasteiger partial charge in [-0.2, -0.15) is 14.0 Å². The fourth-order valence-corrected chi connectivity index (χ4v) is 2.52. The van der Waals surface area contributed by atoms with Gasteiger partial charge in [-0.3, -0.25) is 4.79 Å². The van der Waals surface area contributed by atoms with Crippen molar-refractivity contribution in [3.63, 3.8) is 0 Å². The van der Waals surface area contributed by atoms with Crippen molar-refractivity contribution in [2.24, 2.45) is 0 Å². The molecule has 1 N–H and O–H groups in total. The minimum absolute atomic E-state index is 0.264. The number of nitrogens with one attached hydrogen (secondary N) is 1. The molecule has 0 saturated carbocycles. The highest BCUT2D eigenvalue weighted by Gasteiger charge is 2.10. The average molecular weight is 378 g/mol. The van der Waals surface area contributed by atoms with E-state index in [1.165, 1.54) is 30.3 Å². The lowest BCUT2D eigenvalue weighted by Crippen LogP contribution is -2.20. The summed E-state index contributed by atoms with van der Waals surface area (Å²) in [6, 6.07) is 12.7. The molecular formula is C18H16F2N2O3S. The Balaban J connectivity index is 1.93. The summed E-state index contributed by atoms with van der Waals surface area (Å²) in [5.74, 6) is -2.17. The van der Waals surface area contributed by atoms with Gasteiger partial charge in [0.1, 0.15) is 0 Å².